The zero-order valence-electron chi connectivity index (χ0n) is 53.2. The lowest BCUT2D eigenvalue weighted by atomic mass is 10.0. The highest BCUT2D eigenvalue weighted by Gasteiger charge is 2.19. The minimum atomic E-state index is -0.780. The number of hydrogen-bond donors (Lipinski definition) is 0. The quantitative estimate of drug-likeness (QED) is 0.0261. The molecule has 1 atom stereocenters. The van der Waals surface area contributed by atoms with Crippen LogP contribution in [0.15, 0.2) is 48.6 Å². The minimum Gasteiger partial charge on any atom is -0.462 e. The van der Waals surface area contributed by atoms with Crippen LogP contribution in [-0.2, 0) is 28.6 Å². The van der Waals surface area contributed by atoms with Crippen molar-refractivity contribution in [3.63, 3.8) is 0 Å². The zero-order valence-corrected chi connectivity index (χ0v) is 53.2. The van der Waals surface area contributed by atoms with E-state index < -0.39 is 6.10 Å². The van der Waals surface area contributed by atoms with Crippen LogP contribution in [0.4, 0.5) is 0 Å². The summed E-state index contributed by atoms with van der Waals surface area (Å²) in [4.78, 5) is 38.4. The maximum atomic E-state index is 12.9. The van der Waals surface area contributed by atoms with Crippen LogP contribution in [0.1, 0.15) is 380 Å². The Morgan fingerprint density at radius 3 is 0.722 bits per heavy atom. The molecule has 6 heteroatoms. The summed E-state index contributed by atoms with van der Waals surface area (Å²) in [6.07, 6.45) is 85.6. The van der Waals surface area contributed by atoms with Crippen molar-refractivity contribution in [3.8, 4) is 0 Å². The molecule has 0 saturated heterocycles. The molecule has 0 bridgehead atoms. The molecule has 0 aliphatic rings. The summed E-state index contributed by atoms with van der Waals surface area (Å²) in [7, 11) is 0. The Kier molecular flexibility index (Phi) is 65.6. The minimum absolute atomic E-state index is 0.0748. The van der Waals surface area contributed by atoms with Crippen LogP contribution in [0.5, 0.6) is 0 Å². The average molecular weight is 1110 g/mol. The maximum Gasteiger partial charge on any atom is 0.306 e. The van der Waals surface area contributed by atoms with Crippen LogP contribution >= 0.6 is 0 Å². The molecule has 0 N–H and O–H groups in total. The first-order valence-corrected chi connectivity index (χ1v) is 35.1. The largest absolute Gasteiger partial charge is 0.462 e. The van der Waals surface area contributed by atoms with Crippen molar-refractivity contribution in [1.82, 2.24) is 0 Å². The van der Waals surface area contributed by atoms with Gasteiger partial charge >= 0.3 is 17.9 Å². The standard InChI is InChI=1S/C73H134O6/c1-4-7-10-13-16-19-22-25-28-31-34-35-36-37-38-39-40-43-45-48-51-54-57-60-63-66-72(75)78-69-70(79-73(76)67-64-61-58-55-52-49-46-42-33-30-27-24-21-18-15-12-9-6-3)68-77-71(74)65-62-59-56-53-50-47-44-41-32-29-26-23-20-17-14-11-8-5-2/h21,24,29-34,70H,4-20,22-23,25-28,35-69H2,1-3H3/b24-21-,32-29-,33-30-,34-31-. The van der Waals surface area contributed by atoms with Gasteiger partial charge in [-0.2, -0.15) is 0 Å². The first kappa shape index (κ1) is 76.4. The van der Waals surface area contributed by atoms with Crippen LogP contribution in [0.25, 0.3) is 0 Å². The van der Waals surface area contributed by atoms with E-state index in [4.69, 9.17) is 14.2 Å². The molecule has 0 aliphatic heterocycles. The average Bonchev–Trinajstić information content (AvgIpc) is 3.45. The van der Waals surface area contributed by atoms with Gasteiger partial charge < -0.3 is 14.2 Å². The Labute approximate surface area is 492 Å². The highest BCUT2D eigenvalue weighted by atomic mass is 16.6. The molecule has 462 valence electrons. The van der Waals surface area contributed by atoms with E-state index in [1.807, 2.05) is 0 Å². The zero-order chi connectivity index (χ0) is 57.1. The topological polar surface area (TPSA) is 78.9 Å². The second-order valence-electron chi connectivity index (χ2n) is 23.8. The predicted molar refractivity (Wildman–Crippen MR) is 344 cm³/mol. The van der Waals surface area contributed by atoms with Gasteiger partial charge in [0.15, 0.2) is 6.10 Å². The Balaban J connectivity index is 4.31. The molecule has 0 aromatic rings. The van der Waals surface area contributed by atoms with Gasteiger partial charge in [0.05, 0.1) is 0 Å². The molecule has 0 rings (SSSR count). The van der Waals surface area contributed by atoms with E-state index in [1.165, 1.54) is 270 Å². The van der Waals surface area contributed by atoms with E-state index in [0.717, 1.165) is 70.6 Å². The first-order chi connectivity index (χ1) is 39.0. The number of allylic oxidation sites excluding steroid dienone is 8. The van der Waals surface area contributed by atoms with Crippen LogP contribution in [-0.4, -0.2) is 37.2 Å². The van der Waals surface area contributed by atoms with Crippen molar-refractivity contribution < 1.29 is 28.6 Å². The van der Waals surface area contributed by atoms with Crippen molar-refractivity contribution in [2.75, 3.05) is 13.2 Å². The molecular formula is C73H134O6. The molecule has 0 heterocycles. The lowest BCUT2D eigenvalue weighted by Crippen LogP contribution is -2.30. The Hall–Kier alpha value is -2.63. The fourth-order valence-corrected chi connectivity index (χ4v) is 10.5. The summed E-state index contributed by atoms with van der Waals surface area (Å²) in [5.74, 6) is -0.863. The van der Waals surface area contributed by atoms with E-state index >= 15 is 0 Å². The van der Waals surface area contributed by atoms with Crippen LogP contribution in [0.3, 0.4) is 0 Å². The summed E-state index contributed by atoms with van der Waals surface area (Å²) < 4.78 is 17.0. The van der Waals surface area contributed by atoms with Gasteiger partial charge in [0.2, 0.25) is 0 Å². The fraction of sp³-hybridized carbons (Fsp3) is 0.849. The molecule has 0 radical (unpaired) electrons. The fourth-order valence-electron chi connectivity index (χ4n) is 10.5. The van der Waals surface area contributed by atoms with Crippen LogP contribution < -0.4 is 0 Å². The molecule has 1 unspecified atom stereocenters. The van der Waals surface area contributed by atoms with Crippen molar-refractivity contribution in [1.29, 1.82) is 0 Å². The number of carbonyl (C=O) groups excluding carboxylic acids is 3. The van der Waals surface area contributed by atoms with E-state index in [2.05, 4.69) is 69.4 Å². The molecule has 0 amide bonds. The molecular weight excluding hydrogens is 973 g/mol. The normalized spacial score (nSPS) is 12.3. The van der Waals surface area contributed by atoms with Crippen LogP contribution in [0, 0.1) is 0 Å². The maximum absolute atomic E-state index is 12.9. The smallest absolute Gasteiger partial charge is 0.306 e. The third-order valence-electron chi connectivity index (χ3n) is 15.8. The Bertz CT molecular complexity index is 1360. The van der Waals surface area contributed by atoms with Gasteiger partial charge in [-0.05, 0) is 103 Å². The second-order valence-corrected chi connectivity index (χ2v) is 23.8. The lowest BCUT2D eigenvalue weighted by molar-refractivity contribution is -0.167. The summed E-state index contributed by atoms with van der Waals surface area (Å²) in [5.41, 5.74) is 0. The molecule has 0 fully saturated rings. The third kappa shape index (κ3) is 66.1. The molecule has 0 aromatic carbocycles. The van der Waals surface area contributed by atoms with Gasteiger partial charge in [0.25, 0.3) is 0 Å². The summed E-state index contributed by atoms with van der Waals surface area (Å²) >= 11 is 0. The van der Waals surface area contributed by atoms with E-state index in [0.29, 0.717) is 19.3 Å². The van der Waals surface area contributed by atoms with Gasteiger partial charge in [-0.15, -0.1) is 0 Å². The van der Waals surface area contributed by atoms with Gasteiger partial charge in [-0.3, -0.25) is 14.4 Å². The predicted octanol–water partition coefficient (Wildman–Crippen LogP) is 24.1. The lowest BCUT2D eigenvalue weighted by Gasteiger charge is -2.18. The van der Waals surface area contributed by atoms with Gasteiger partial charge in [-0.1, -0.05) is 307 Å². The first-order valence-electron chi connectivity index (χ1n) is 35.1. The van der Waals surface area contributed by atoms with Crippen LogP contribution in [0.2, 0.25) is 0 Å². The van der Waals surface area contributed by atoms with Gasteiger partial charge in [0, 0.05) is 19.3 Å². The molecule has 0 spiro atoms. The summed E-state index contributed by atoms with van der Waals surface area (Å²) in [5, 5.41) is 0. The molecule has 79 heavy (non-hydrogen) atoms. The molecule has 6 nitrogen and oxygen atoms in total. The van der Waals surface area contributed by atoms with Gasteiger partial charge in [0.1, 0.15) is 13.2 Å². The van der Waals surface area contributed by atoms with Gasteiger partial charge in [-0.25, -0.2) is 0 Å². The summed E-state index contributed by atoms with van der Waals surface area (Å²) in [6, 6.07) is 0. The second kappa shape index (κ2) is 67.9. The van der Waals surface area contributed by atoms with E-state index in [1.54, 1.807) is 0 Å². The van der Waals surface area contributed by atoms with Crippen molar-refractivity contribution in [3.05, 3.63) is 48.6 Å². The Morgan fingerprint density at radius 1 is 0.253 bits per heavy atom. The number of rotatable bonds is 65. The van der Waals surface area contributed by atoms with Crippen molar-refractivity contribution in [2.45, 2.75) is 386 Å². The SMILES string of the molecule is CCCCCC/C=C\C/C=C\CCCCCCCCCC(=O)OC(COC(=O)CCCCCCCCC/C=C\CCCCCCCCC)COC(=O)CCCCCCCCCCCCCCC/C=C\CCCCCCCCCC. The number of carbonyl (C=O) groups is 3. The van der Waals surface area contributed by atoms with Crippen molar-refractivity contribution in [2.24, 2.45) is 0 Å². The molecule has 0 saturated carbocycles. The highest BCUT2D eigenvalue weighted by molar-refractivity contribution is 5.71. The number of hydrogen-bond acceptors (Lipinski definition) is 6. The highest BCUT2D eigenvalue weighted by Crippen LogP contribution is 2.17. The monoisotopic (exact) mass is 1110 g/mol. The van der Waals surface area contributed by atoms with Crippen molar-refractivity contribution >= 4 is 17.9 Å². The Morgan fingerprint density at radius 2 is 0.456 bits per heavy atom. The van der Waals surface area contributed by atoms with E-state index in [9.17, 15) is 14.4 Å². The summed E-state index contributed by atoms with van der Waals surface area (Å²) in [6.45, 7) is 6.68. The number of unbranched alkanes of at least 4 members (excludes halogenated alkanes) is 46. The number of ether oxygens (including phenoxy) is 3. The molecule has 0 aromatic heterocycles. The number of esters is 3. The molecule has 0 aliphatic carbocycles. The third-order valence-corrected chi connectivity index (χ3v) is 15.8. The van der Waals surface area contributed by atoms with E-state index in [-0.39, 0.29) is 31.1 Å².